The Hall–Kier alpha value is -1.90. The molecule has 0 saturated heterocycles. The van der Waals surface area contributed by atoms with Gasteiger partial charge in [-0.25, -0.2) is 13.2 Å². The van der Waals surface area contributed by atoms with Gasteiger partial charge in [0.05, 0.1) is 11.5 Å². The van der Waals surface area contributed by atoms with Crippen LogP contribution in [-0.4, -0.2) is 41.6 Å². The highest BCUT2D eigenvalue weighted by atomic mass is 35.5. The van der Waals surface area contributed by atoms with Crippen LogP contribution >= 0.6 is 11.6 Å². The molecule has 2 heterocycles. The topological polar surface area (TPSA) is 81.5 Å². The van der Waals surface area contributed by atoms with Gasteiger partial charge in [0, 0.05) is 42.8 Å². The van der Waals surface area contributed by atoms with Crippen LogP contribution in [0.2, 0.25) is 5.02 Å². The van der Waals surface area contributed by atoms with Gasteiger partial charge in [-0.1, -0.05) is 11.6 Å². The minimum atomic E-state index is -3.68. The summed E-state index contributed by atoms with van der Waals surface area (Å²) < 4.78 is 33.7. The molecule has 9 heteroatoms. The Morgan fingerprint density at radius 2 is 2.00 bits per heavy atom. The number of sulfonamides is 1. The normalized spacial score (nSPS) is 15.0. The zero-order valence-corrected chi connectivity index (χ0v) is 15.5. The molecule has 2 aromatic rings. The van der Waals surface area contributed by atoms with E-state index in [0.717, 1.165) is 5.69 Å². The molecular formula is C16H18ClN3O4S. The molecule has 0 N–H and O–H groups in total. The molecule has 0 saturated carbocycles. The van der Waals surface area contributed by atoms with Crippen molar-refractivity contribution in [2.24, 2.45) is 7.05 Å². The third-order valence-corrected chi connectivity index (χ3v) is 6.24. The van der Waals surface area contributed by atoms with E-state index in [1.807, 2.05) is 0 Å². The highest BCUT2D eigenvalue weighted by Gasteiger charge is 2.33. The molecule has 25 heavy (non-hydrogen) atoms. The van der Waals surface area contributed by atoms with Crippen molar-refractivity contribution in [2.75, 3.05) is 13.2 Å². The largest absolute Gasteiger partial charge is 0.461 e. The number of hydrogen-bond acceptors (Lipinski definition) is 5. The number of esters is 1. The molecule has 0 aliphatic carbocycles. The first-order valence-electron chi connectivity index (χ1n) is 7.82. The van der Waals surface area contributed by atoms with E-state index in [0.29, 0.717) is 23.6 Å². The smallest absolute Gasteiger partial charge is 0.359 e. The van der Waals surface area contributed by atoms with Gasteiger partial charge in [0.2, 0.25) is 10.0 Å². The minimum Gasteiger partial charge on any atom is -0.461 e. The summed E-state index contributed by atoms with van der Waals surface area (Å²) in [4.78, 5) is 12.3. The number of rotatable bonds is 4. The molecule has 0 atom stereocenters. The van der Waals surface area contributed by atoms with Crippen LogP contribution in [0.5, 0.6) is 0 Å². The number of carbonyl (C=O) groups excluding carboxylic acids is 1. The molecule has 134 valence electrons. The van der Waals surface area contributed by atoms with Gasteiger partial charge < -0.3 is 4.74 Å². The molecule has 0 spiro atoms. The number of hydrogen-bond donors (Lipinski definition) is 0. The molecule has 0 amide bonds. The Labute approximate surface area is 151 Å². The third kappa shape index (κ3) is 3.29. The average Bonchev–Trinajstić information content (AvgIpc) is 2.92. The number of carbonyl (C=O) groups is 1. The first kappa shape index (κ1) is 17.9. The molecule has 0 radical (unpaired) electrons. The van der Waals surface area contributed by atoms with Gasteiger partial charge in [0.25, 0.3) is 0 Å². The molecule has 1 aromatic carbocycles. The SMILES string of the molecule is CCOC(=O)c1nn(C)c2c1CN(S(=O)(=O)c1ccc(Cl)cc1)CC2. The fraction of sp³-hybridized carbons (Fsp3) is 0.375. The van der Waals surface area contributed by atoms with E-state index in [4.69, 9.17) is 16.3 Å². The van der Waals surface area contributed by atoms with Crippen molar-refractivity contribution >= 4 is 27.6 Å². The fourth-order valence-electron chi connectivity index (χ4n) is 2.89. The predicted molar refractivity (Wildman–Crippen MR) is 91.9 cm³/mol. The van der Waals surface area contributed by atoms with E-state index in [1.165, 1.54) is 28.6 Å². The van der Waals surface area contributed by atoms with Crippen LogP contribution in [0.15, 0.2) is 29.2 Å². The van der Waals surface area contributed by atoms with Crippen LogP contribution in [0.4, 0.5) is 0 Å². The number of ether oxygens (including phenoxy) is 1. The fourth-order valence-corrected chi connectivity index (χ4v) is 4.43. The van der Waals surface area contributed by atoms with Crippen molar-refractivity contribution in [3.8, 4) is 0 Å². The first-order valence-corrected chi connectivity index (χ1v) is 9.64. The Morgan fingerprint density at radius 3 is 2.64 bits per heavy atom. The van der Waals surface area contributed by atoms with Crippen molar-refractivity contribution < 1.29 is 17.9 Å². The van der Waals surface area contributed by atoms with Crippen LogP contribution in [0.1, 0.15) is 28.7 Å². The minimum absolute atomic E-state index is 0.0856. The number of benzene rings is 1. The molecule has 1 aliphatic rings. The summed E-state index contributed by atoms with van der Waals surface area (Å²) >= 11 is 5.83. The van der Waals surface area contributed by atoms with Gasteiger partial charge in [-0.3, -0.25) is 4.68 Å². The standard InChI is InChI=1S/C16H18ClN3O4S/c1-3-24-16(21)15-13-10-20(9-8-14(13)19(2)18-15)25(22,23)12-6-4-11(17)5-7-12/h4-7H,3,8-10H2,1-2H3. The maximum Gasteiger partial charge on any atom is 0.359 e. The zero-order chi connectivity index (χ0) is 18.2. The maximum absolute atomic E-state index is 12.9. The predicted octanol–water partition coefficient (Wildman–Crippen LogP) is 2.00. The average molecular weight is 384 g/mol. The lowest BCUT2D eigenvalue weighted by Crippen LogP contribution is -2.36. The van der Waals surface area contributed by atoms with Gasteiger partial charge >= 0.3 is 5.97 Å². The van der Waals surface area contributed by atoms with Crippen molar-refractivity contribution in [1.29, 1.82) is 0 Å². The Morgan fingerprint density at radius 1 is 1.32 bits per heavy atom. The van der Waals surface area contributed by atoms with Gasteiger partial charge in [0.15, 0.2) is 5.69 Å². The molecule has 1 aliphatic heterocycles. The summed E-state index contributed by atoms with van der Waals surface area (Å²) in [6.45, 7) is 2.35. The van der Waals surface area contributed by atoms with Gasteiger partial charge in [-0.15, -0.1) is 0 Å². The van der Waals surface area contributed by atoms with Gasteiger partial charge in [-0.2, -0.15) is 9.40 Å². The number of aryl methyl sites for hydroxylation is 1. The Balaban J connectivity index is 1.95. The van der Waals surface area contributed by atoms with Crippen LogP contribution in [0.25, 0.3) is 0 Å². The summed E-state index contributed by atoms with van der Waals surface area (Å²) in [7, 11) is -1.94. The molecule has 7 nitrogen and oxygen atoms in total. The summed E-state index contributed by atoms with van der Waals surface area (Å²) in [5, 5.41) is 4.68. The molecule has 0 unspecified atom stereocenters. The number of nitrogens with zero attached hydrogens (tertiary/aromatic N) is 3. The second kappa shape index (κ2) is 6.78. The summed E-state index contributed by atoms with van der Waals surface area (Å²) in [5.41, 5.74) is 1.63. The number of aromatic nitrogens is 2. The van der Waals surface area contributed by atoms with Crippen molar-refractivity contribution in [3.63, 3.8) is 0 Å². The van der Waals surface area contributed by atoms with Gasteiger partial charge in [-0.05, 0) is 31.2 Å². The third-order valence-electron chi connectivity index (χ3n) is 4.13. The Bertz CT molecular complexity index is 906. The van der Waals surface area contributed by atoms with Crippen molar-refractivity contribution in [1.82, 2.24) is 14.1 Å². The molecule has 0 bridgehead atoms. The molecule has 3 rings (SSSR count). The summed E-state index contributed by atoms with van der Waals surface area (Å²) in [6.07, 6.45) is 0.477. The van der Waals surface area contributed by atoms with E-state index >= 15 is 0 Å². The van der Waals surface area contributed by atoms with Gasteiger partial charge in [0.1, 0.15) is 0 Å². The maximum atomic E-state index is 12.9. The summed E-state index contributed by atoms with van der Waals surface area (Å²) in [5.74, 6) is -0.537. The highest BCUT2D eigenvalue weighted by Crippen LogP contribution is 2.27. The van der Waals surface area contributed by atoms with Crippen LogP contribution in [0.3, 0.4) is 0 Å². The molecule has 1 aromatic heterocycles. The molecule has 0 fully saturated rings. The lowest BCUT2D eigenvalue weighted by Gasteiger charge is -2.26. The zero-order valence-electron chi connectivity index (χ0n) is 13.9. The van der Waals surface area contributed by atoms with Crippen LogP contribution in [0, 0.1) is 0 Å². The second-order valence-corrected chi connectivity index (χ2v) is 8.03. The van der Waals surface area contributed by atoms with Crippen LogP contribution in [-0.2, 0) is 34.8 Å². The van der Waals surface area contributed by atoms with E-state index in [1.54, 1.807) is 18.7 Å². The number of fused-ring (bicyclic) bond motifs is 1. The monoisotopic (exact) mass is 383 g/mol. The van der Waals surface area contributed by atoms with E-state index < -0.39 is 16.0 Å². The van der Waals surface area contributed by atoms with E-state index in [9.17, 15) is 13.2 Å². The second-order valence-electron chi connectivity index (χ2n) is 5.66. The summed E-state index contributed by atoms with van der Waals surface area (Å²) in [6, 6.07) is 6.03. The van der Waals surface area contributed by atoms with Crippen molar-refractivity contribution in [2.45, 2.75) is 24.8 Å². The highest BCUT2D eigenvalue weighted by molar-refractivity contribution is 7.89. The molecular weight excluding hydrogens is 366 g/mol. The Kier molecular flexibility index (Phi) is 4.86. The van der Waals surface area contributed by atoms with E-state index in [-0.39, 0.29) is 23.7 Å². The van der Waals surface area contributed by atoms with E-state index in [2.05, 4.69) is 5.10 Å². The lowest BCUT2D eigenvalue weighted by molar-refractivity contribution is 0.0516. The quantitative estimate of drug-likeness (QED) is 0.754. The number of halogens is 1. The first-order chi connectivity index (χ1) is 11.8. The van der Waals surface area contributed by atoms with Crippen molar-refractivity contribution in [3.05, 3.63) is 46.2 Å². The van der Waals surface area contributed by atoms with Crippen LogP contribution < -0.4 is 0 Å². The lowest BCUT2D eigenvalue weighted by atomic mass is 10.1.